The van der Waals surface area contributed by atoms with E-state index >= 15 is 0 Å². The van der Waals surface area contributed by atoms with Crippen LogP contribution in [0, 0.1) is 0 Å². The molecule has 0 aromatic heterocycles. The lowest BCUT2D eigenvalue weighted by Gasteiger charge is -2.75. The number of fused-ring (bicyclic) bond motifs is 1. The number of hydrogen-bond donors (Lipinski definition) is 0. The number of piperazine rings is 1. The van der Waals surface area contributed by atoms with Gasteiger partial charge in [0.05, 0.1) is 11.6 Å². The zero-order valence-corrected chi connectivity index (χ0v) is 17.1. The van der Waals surface area contributed by atoms with E-state index in [9.17, 15) is 14.4 Å². The Kier molecular flexibility index (Phi) is 3.57. The fourth-order valence-corrected chi connectivity index (χ4v) is 6.00. The molecule has 3 saturated carbocycles. The summed E-state index contributed by atoms with van der Waals surface area (Å²) in [5.74, 6) is 0.284. The van der Waals surface area contributed by atoms with E-state index in [0.29, 0.717) is 32.6 Å². The second kappa shape index (κ2) is 5.54. The number of amides is 4. The molecule has 0 unspecified atom stereocenters. The van der Waals surface area contributed by atoms with E-state index in [0.717, 1.165) is 32.2 Å². The molecule has 4 amide bonds. The maximum absolute atomic E-state index is 13.0. The maximum atomic E-state index is 13.0. The Labute approximate surface area is 165 Å². The molecule has 6 aliphatic rings. The monoisotopic (exact) mass is 390 g/mol. The number of urea groups is 1. The molecule has 0 radical (unpaired) electrons. The maximum Gasteiger partial charge on any atom is 0.410 e. The molecule has 154 valence electrons. The Morgan fingerprint density at radius 2 is 1.68 bits per heavy atom. The third-order valence-corrected chi connectivity index (χ3v) is 7.20. The van der Waals surface area contributed by atoms with Gasteiger partial charge in [-0.3, -0.25) is 4.79 Å². The van der Waals surface area contributed by atoms with Gasteiger partial charge < -0.3 is 24.3 Å². The molecule has 0 aromatic carbocycles. The van der Waals surface area contributed by atoms with Crippen LogP contribution in [0.2, 0.25) is 0 Å². The molecule has 6 rings (SSSR count). The highest BCUT2D eigenvalue weighted by Gasteiger charge is 2.75. The van der Waals surface area contributed by atoms with Crippen LogP contribution < -0.4 is 0 Å². The Hall–Kier alpha value is -1.99. The molecule has 3 heterocycles. The van der Waals surface area contributed by atoms with Crippen LogP contribution in [0.3, 0.4) is 0 Å². The number of rotatable bonds is 2. The third kappa shape index (κ3) is 2.45. The summed E-state index contributed by atoms with van der Waals surface area (Å²) in [5, 5.41) is 0. The van der Waals surface area contributed by atoms with Crippen LogP contribution in [0.15, 0.2) is 0 Å². The van der Waals surface area contributed by atoms with E-state index in [1.165, 1.54) is 0 Å². The Morgan fingerprint density at radius 1 is 1.00 bits per heavy atom. The quantitative estimate of drug-likeness (QED) is 0.719. The minimum atomic E-state index is -0.515. The summed E-state index contributed by atoms with van der Waals surface area (Å²) in [6.45, 7) is 8.76. The Balaban J connectivity index is 1.22. The molecule has 0 N–H and O–H groups in total. The fourth-order valence-electron chi connectivity index (χ4n) is 6.00. The summed E-state index contributed by atoms with van der Waals surface area (Å²) in [6.07, 6.45) is 4.12. The second-order valence-corrected chi connectivity index (χ2v) is 10.3. The zero-order chi connectivity index (χ0) is 19.9. The predicted molar refractivity (Wildman–Crippen MR) is 101 cm³/mol. The lowest BCUT2D eigenvalue weighted by molar-refractivity contribution is -0.211. The van der Waals surface area contributed by atoms with Crippen LogP contribution in [0.25, 0.3) is 0 Å². The van der Waals surface area contributed by atoms with Crippen molar-refractivity contribution in [2.75, 3.05) is 32.7 Å². The average molecular weight is 390 g/mol. The Morgan fingerprint density at radius 3 is 2.29 bits per heavy atom. The van der Waals surface area contributed by atoms with Crippen molar-refractivity contribution < 1.29 is 19.1 Å². The lowest BCUT2D eigenvalue weighted by atomic mass is 9.42. The summed E-state index contributed by atoms with van der Waals surface area (Å²) >= 11 is 0. The molecule has 2 bridgehead atoms. The van der Waals surface area contributed by atoms with Crippen LogP contribution in [0.4, 0.5) is 9.59 Å². The van der Waals surface area contributed by atoms with E-state index in [2.05, 4.69) is 4.90 Å². The van der Waals surface area contributed by atoms with E-state index in [1.54, 1.807) is 4.90 Å². The minimum absolute atomic E-state index is 0.0273. The SMILES string of the molecule is CC(C)(C)OC(=O)N1CCN2C(=O)N(C34CC(N5CCCC5=O)(C3)C4)C[C@@H]2C1. The van der Waals surface area contributed by atoms with Gasteiger partial charge in [-0.25, -0.2) is 9.59 Å². The van der Waals surface area contributed by atoms with Crippen molar-refractivity contribution in [2.45, 2.75) is 75.6 Å². The van der Waals surface area contributed by atoms with Gasteiger partial charge in [0.1, 0.15) is 5.60 Å². The van der Waals surface area contributed by atoms with Crippen molar-refractivity contribution in [2.24, 2.45) is 0 Å². The lowest BCUT2D eigenvalue weighted by Crippen LogP contribution is -2.83. The summed E-state index contributed by atoms with van der Waals surface area (Å²) in [7, 11) is 0. The molecule has 3 aliphatic heterocycles. The fraction of sp³-hybridized carbons (Fsp3) is 0.850. The number of likely N-dealkylation sites (tertiary alicyclic amines) is 1. The molecule has 3 aliphatic carbocycles. The normalized spacial score (nSPS) is 37.0. The number of ether oxygens (including phenoxy) is 1. The van der Waals surface area contributed by atoms with Crippen LogP contribution in [-0.2, 0) is 9.53 Å². The first kappa shape index (κ1) is 18.1. The summed E-state index contributed by atoms with van der Waals surface area (Å²) < 4.78 is 5.50. The number of carbonyl (C=O) groups excluding carboxylic acids is 3. The van der Waals surface area contributed by atoms with Crippen molar-refractivity contribution in [3.63, 3.8) is 0 Å². The standard InChI is InChI=1S/C20H30N4O4/c1-18(2,3)28-17(27)21-7-8-22-14(9-21)10-24(16(22)26)20-11-19(12-20,13-20)23-6-4-5-15(23)25/h14H,4-13H2,1-3H3/t14-,19?,20?/m0/s1. The van der Waals surface area contributed by atoms with Crippen molar-refractivity contribution in [3.05, 3.63) is 0 Å². The summed E-state index contributed by atoms with van der Waals surface area (Å²) in [6, 6.07) is 0.141. The van der Waals surface area contributed by atoms with Gasteiger partial charge >= 0.3 is 12.1 Å². The van der Waals surface area contributed by atoms with E-state index in [1.807, 2.05) is 30.6 Å². The van der Waals surface area contributed by atoms with Gasteiger partial charge in [0.2, 0.25) is 5.91 Å². The van der Waals surface area contributed by atoms with Gasteiger partial charge in [-0.2, -0.15) is 0 Å². The largest absolute Gasteiger partial charge is 0.444 e. The van der Waals surface area contributed by atoms with Crippen molar-refractivity contribution in [1.82, 2.24) is 19.6 Å². The van der Waals surface area contributed by atoms with Crippen LogP contribution in [0.1, 0.15) is 52.9 Å². The molecule has 8 nitrogen and oxygen atoms in total. The highest BCUT2D eigenvalue weighted by Crippen LogP contribution is 2.67. The Bertz CT molecular complexity index is 725. The number of carbonyl (C=O) groups is 3. The third-order valence-electron chi connectivity index (χ3n) is 7.20. The second-order valence-electron chi connectivity index (χ2n) is 10.3. The topological polar surface area (TPSA) is 73.4 Å². The van der Waals surface area contributed by atoms with Gasteiger partial charge in [0.25, 0.3) is 0 Å². The van der Waals surface area contributed by atoms with Crippen LogP contribution in [0.5, 0.6) is 0 Å². The van der Waals surface area contributed by atoms with Gasteiger partial charge in [0, 0.05) is 44.7 Å². The van der Waals surface area contributed by atoms with E-state index < -0.39 is 5.60 Å². The zero-order valence-electron chi connectivity index (χ0n) is 17.1. The highest BCUT2D eigenvalue weighted by atomic mass is 16.6. The van der Waals surface area contributed by atoms with Gasteiger partial charge in [0.15, 0.2) is 0 Å². The first-order valence-corrected chi connectivity index (χ1v) is 10.5. The molecular weight excluding hydrogens is 360 g/mol. The average Bonchev–Trinajstić information content (AvgIpc) is 3.08. The van der Waals surface area contributed by atoms with Crippen molar-refractivity contribution in [3.8, 4) is 0 Å². The van der Waals surface area contributed by atoms with Gasteiger partial charge in [-0.05, 0) is 46.5 Å². The predicted octanol–water partition coefficient (Wildman–Crippen LogP) is 1.64. The molecule has 1 atom stereocenters. The smallest absolute Gasteiger partial charge is 0.410 e. The van der Waals surface area contributed by atoms with Gasteiger partial charge in [-0.1, -0.05) is 0 Å². The van der Waals surface area contributed by atoms with Gasteiger partial charge in [-0.15, -0.1) is 0 Å². The highest BCUT2D eigenvalue weighted by molar-refractivity contribution is 5.82. The van der Waals surface area contributed by atoms with Crippen molar-refractivity contribution >= 4 is 18.0 Å². The molecule has 6 fully saturated rings. The number of hydrogen-bond acceptors (Lipinski definition) is 4. The first-order valence-electron chi connectivity index (χ1n) is 10.5. The first-order chi connectivity index (χ1) is 13.1. The van der Waals surface area contributed by atoms with Crippen LogP contribution in [-0.4, -0.2) is 93.1 Å². The molecule has 3 saturated heterocycles. The molecular formula is C20H30N4O4. The van der Waals surface area contributed by atoms with E-state index in [-0.39, 0.29) is 35.2 Å². The molecule has 8 heteroatoms. The molecule has 0 aromatic rings. The molecule has 0 spiro atoms. The summed E-state index contributed by atoms with van der Waals surface area (Å²) in [5.41, 5.74) is -0.549. The van der Waals surface area contributed by atoms with E-state index in [4.69, 9.17) is 4.74 Å². The molecule has 28 heavy (non-hydrogen) atoms. The minimum Gasteiger partial charge on any atom is -0.444 e. The van der Waals surface area contributed by atoms with Crippen molar-refractivity contribution in [1.29, 1.82) is 0 Å². The van der Waals surface area contributed by atoms with Crippen LogP contribution >= 0.6 is 0 Å². The summed E-state index contributed by atoms with van der Waals surface area (Å²) in [4.78, 5) is 45.3. The number of nitrogens with zero attached hydrogens (tertiary/aromatic N) is 4.